The number of rotatable bonds is 5. The Morgan fingerprint density at radius 2 is 2.18 bits per heavy atom. The smallest absolute Gasteiger partial charge is 0.323 e. The molecule has 2 rings (SSSR count). The zero-order chi connectivity index (χ0) is 12.3. The van der Waals surface area contributed by atoms with Gasteiger partial charge in [0.05, 0.1) is 12.2 Å². The highest BCUT2D eigenvalue weighted by Gasteiger charge is 2.34. The number of hydrogen-bond donors (Lipinski definition) is 3. The minimum Gasteiger partial charge on any atom is -0.464 e. The van der Waals surface area contributed by atoms with E-state index in [-0.39, 0.29) is 12.0 Å². The molecule has 0 aliphatic heterocycles. The number of aromatic nitrogens is 3. The van der Waals surface area contributed by atoms with Crippen LogP contribution in [0.4, 0.5) is 11.9 Å². The lowest BCUT2D eigenvalue weighted by atomic mass is 9.80. The van der Waals surface area contributed by atoms with E-state index in [4.69, 9.17) is 10.5 Å². The maximum absolute atomic E-state index is 9.92. The van der Waals surface area contributed by atoms with Crippen molar-refractivity contribution in [2.45, 2.75) is 31.8 Å². The third-order valence-corrected chi connectivity index (χ3v) is 2.77. The Labute approximate surface area is 99.4 Å². The molecule has 0 radical (unpaired) electrons. The lowest BCUT2D eigenvalue weighted by Crippen LogP contribution is -2.43. The van der Waals surface area contributed by atoms with Crippen LogP contribution < -0.4 is 15.8 Å². The van der Waals surface area contributed by atoms with Gasteiger partial charge in [-0.1, -0.05) is 0 Å². The van der Waals surface area contributed by atoms with E-state index < -0.39 is 5.60 Å². The maximum atomic E-state index is 9.92. The molecule has 0 saturated heterocycles. The van der Waals surface area contributed by atoms with Gasteiger partial charge in [-0.2, -0.15) is 15.0 Å². The first-order valence-electron chi connectivity index (χ1n) is 5.72. The third-order valence-electron chi connectivity index (χ3n) is 2.77. The fourth-order valence-corrected chi connectivity index (χ4v) is 1.65. The van der Waals surface area contributed by atoms with Crippen molar-refractivity contribution >= 4 is 11.9 Å². The van der Waals surface area contributed by atoms with Crippen LogP contribution in [0.3, 0.4) is 0 Å². The van der Waals surface area contributed by atoms with Crippen LogP contribution in [-0.4, -0.2) is 38.8 Å². The van der Waals surface area contributed by atoms with E-state index in [1.165, 1.54) is 0 Å². The van der Waals surface area contributed by atoms with Crippen molar-refractivity contribution < 1.29 is 9.84 Å². The van der Waals surface area contributed by atoms with Crippen LogP contribution in [0.1, 0.15) is 26.2 Å². The topological polar surface area (TPSA) is 106 Å². The molecule has 0 amide bonds. The second kappa shape index (κ2) is 4.70. The molecular formula is C10H17N5O2. The van der Waals surface area contributed by atoms with E-state index in [1.807, 2.05) is 6.92 Å². The molecular weight excluding hydrogens is 222 g/mol. The molecule has 7 nitrogen and oxygen atoms in total. The van der Waals surface area contributed by atoms with Crippen molar-refractivity contribution in [3.05, 3.63) is 0 Å². The Hall–Kier alpha value is -1.63. The highest BCUT2D eigenvalue weighted by atomic mass is 16.5. The molecule has 1 heterocycles. The summed E-state index contributed by atoms with van der Waals surface area (Å²) in [7, 11) is 0. The summed E-state index contributed by atoms with van der Waals surface area (Å²) in [4.78, 5) is 11.8. The fourth-order valence-electron chi connectivity index (χ4n) is 1.65. The normalized spacial score (nSPS) is 17.3. The number of nitrogens with two attached hydrogens (primary N) is 1. The van der Waals surface area contributed by atoms with Crippen molar-refractivity contribution in [2.24, 2.45) is 0 Å². The van der Waals surface area contributed by atoms with Crippen LogP contribution in [0, 0.1) is 0 Å². The highest BCUT2D eigenvalue weighted by Crippen LogP contribution is 2.31. The number of ether oxygens (including phenoxy) is 1. The average molecular weight is 239 g/mol. The second-order valence-electron chi connectivity index (χ2n) is 4.16. The number of aliphatic hydroxyl groups is 1. The summed E-state index contributed by atoms with van der Waals surface area (Å²) in [5.74, 6) is 0.438. The first-order chi connectivity index (χ1) is 8.11. The van der Waals surface area contributed by atoms with Gasteiger partial charge < -0.3 is 20.9 Å². The Morgan fingerprint density at radius 1 is 1.41 bits per heavy atom. The van der Waals surface area contributed by atoms with Gasteiger partial charge in [0.2, 0.25) is 11.9 Å². The van der Waals surface area contributed by atoms with Gasteiger partial charge >= 0.3 is 6.01 Å². The van der Waals surface area contributed by atoms with Crippen LogP contribution in [0.2, 0.25) is 0 Å². The molecule has 4 N–H and O–H groups in total. The number of nitrogens with one attached hydrogen (secondary N) is 1. The van der Waals surface area contributed by atoms with E-state index >= 15 is 0 Å². The van der Waals surface area contributed by atoms with E-state index in [2.05, 4.69) is 20.3 Å². The summed E-state index contributed by atoms with van der Waals surface area (Å²) in [6.45, 7) is 2.72. The summed E-state index contributed by atoms with van der Waals surface area (Å²) >= 11 is 0. The van der Waals surface area contributed by atoms with Gasteiger partial charge in [0.15, 0.2) is 0 Å². The van der Waals surface area contributed by atoms with Gasteiger partial charge in [-0.15, -0.1) is 0 Å². The van der Waals surface area contributed by atoms with Crippen molar-refractivity contribution in [2.75, 3.05) is 24.2 Å². The van der Waals surface area contributed by atoms with Gasteiger partial charge in [0, 0.05) is 6.54 Å². The minimum absolute atomic E-state index is 0.103. The van der Waals surface area contributed by atoms with E-state index in [9.17, 15) is 5.11 Å². The summed E-state index contributed by atoms with van der Waals surface area (Å²) < 4.78 is 5.15. The molecule has 0 spiro atoms. The zero-order valence-corrected chi connectivity index (χ0v) is 9.81. The van der Waals surface area contributed by atoms with Gasteiger partial charge in [-0.3, -0.25) is 0 Å². The van der Waals surface area contributed by atoms with Gasteiger partial charge in [-0.05, 0) is 26.2 Å². The molecule has 0 aromatic carbocycles. The molecule has 1 aromatic heterocycles. The Bertz CT molecular complexity index is 394. The van der Waals surface area contributed by atoms with E-state index in [0.717, 1.165) is 19.3 Å². The van der Waals surface area contributed by atoms with Gasteiger partial charge in [-0.25, -0.2) is 0 Å². The standard InChI is InChI=1S/C10H17N5O2/c1-2-17-9-14-7(11)13-8(15-9)12-6-10(16)4-3-5-10/h16H,2-6H2,1H3,(H3,11,12,13,14,15). The molecule has 1 aliphatic rings. The van der Waals surface area contributed by atoms with E-state index in [0.29, 0.717) is 19.1 Å². The molecule has 0 unspecified atom stereocenters. The molecule has 1 fully saturated rings. The molecule has 0 atom stereocenters. The first kappa shape index (κ1) is 11.8. The molecule has 1 aromatic rings. The van der Waals surface area contributed by atoms with Crippen LogP contribution in [0.5, 0.6) is 6.01 Å². The number of hydrogen-bond acceptors (Lipinski definition) is 7. The summed E-state index contributed by atoms with van der Waals surface area (Å²) in [5, 5.41) is 12.9. The maximum Gasteiger partial charge on any atom is 0.323 e. The fraction of sp³-hybridized carbons (Fsp3) is 0.700. The van der Waals surface area contributed by atoms with Crippen LogP contribution in [0.25, 0.3) is 0 Å². The summed E-state index contributed by atoms with van der Waals surface area (Å²) in [6.07, 6.45) is 2.67. The van der Waals surface area contributed by atoms with Gasteiger partial charge in [0.25, 0.3) is 0 Å². The monoisotopic (exact) mass is 239 g/mol. The molecule has 0 bridgehead atoms. The number of anilines is 2. The minimum atomic E-state index is -0.632. The van der Waals surface area contributed by atoms with Gasteiger partial charge in [0.1, 0.15) is 0 Å². The molecule has 17 heavy (non-hydrogen) atoms. The molecule has 1 aliphatic carbocycles. The average Bonchev–Trinajstić information content (AvgIpc) is 2.23. The molecule has 94 valence electrons. The SMILES string of the molecule is CCOc1nc(N)nc(NCC2(O)CCC2)n1. The second-order valence-corrected chi connectivity index (χ2v) is 4.16. The van der Waals surface area contributed by atoms with Crippen molar-refractivity contribution in [3.63, 3.8) is 0 Å². The third kappa shape index (κ3) is 2.94. The van der Waals surface area contributed by atoms with Crippen LogP contribution in [-0.2, 0) is 0 Å². The Kier molecular flexibility index (Phi) is 3.28. The molecule has 7 heteroatoms. The van der Waals surface area contributed by atoms with Crippen molar-refractivity contribution in [3.8, 4) is 6.01 Å². The van der Waals surface area contributed by atoms with Crippen LogP contribution in [0.15, 0.2) is 0 Å². The Morgan fingerprint density at radius 3 is 2.76 bits per heavy atom. The predicted octanol–water partition coefficient (Wildman–Crippen LogP) is 0.179. The summed E-state index contributed by atoms with van der Waals surface area (Å²) in [6, 6.07) is 0.197. The number of nitrogens with zero attached hydrogens (tertiary/aromatic N) is 3. The van der Waals surface area contributed by atoms with Crippen molar-refractivity contribution in [1.82, 2.24) is 15.0 Å². The largest absolute Gasteiger partial charge is 0.464 e. The van der Waals surface area contributed by atoms with Crippen LogP contribution >= 0.6 is 0 Å². The zero-order valence-electron chi connectivity index (χ0n) is 9.81. The summed E-state index contributed by atoms with van der Waals surface area (Å²) in [5.41, 5.74) is 4.90. The predicted molar refractivity (Wildman–Crippen MR) is 62.7 cm³/mol. The first-order valence-corrected chi connectivity index (χ1v) is 5.72. The number of nitrogen functional groups attached to an aromatic ring is 1. The van der Waals surface area contributed by atoms with Crippen molar-refractivity contribution in [1.29, 1.82) is 0 Å². The Balaban J connectivity index is 1.99. The lowest BCUT2D eigenvalue weighted by Gasteiger charge is -2.36. The molecule has 1 saturated carbocycles. The highest BCUT2D eigenvalue weighted by molar-refractivity contribution is 5.33. The lowest BCUT2D eigenvalue weighted by molar-refractivity contribution is -0.0203. The van der Waals surface area contributed by atoms with E-state index in [1.54, 1.807) is 0 Å². The quantitative estimate of drug-likeness (QED) is 0.672.